The molecule has 3 nitrogen and oxygen atoms in total. The summed E-state index contributed by atoms with van der Waals surface area (Å²) in [5, 5.41) is 0. The number of hydrogen-bond donors (Lipinski definition) is 1. The molecule has 1 saturated carbocycles. The molecule has 0 bridgehead atoms. The molecule has 3 heteroatoms. The Hall–Kier alpha value is -0.930. The Labute approximate surface area is 123 Å². The summed E-state index contributed by atoms with van der Waals surface area (Å²) in [5.74, 6) is 1.63. The highest BCUT2D eigenvalue weighted by Crippen LogP contribution is 2.28. The molecular weight excluding hydrogens is 246 g/mol. The van der Waals surface area contributed by atoms with Gasteiger partial charge in [0.15, 0.2) is 0 Å². The fourth-order valence-electron chi connectivity index (χ4n) is 3.24. The molecule has 0 spiro atoms. The number of aryl methyl sites for hydroxylation is 1. The van der Waals surface area contributed by atoms with Crippen molar-refractivity contribution in [3.05, 3.63) is 29.6 Å². The summed E-state index contributed by atoms with van der Waals surface area (Å²) in [7, 11) is 0. The van der Waals surface area contributed by atoms with Crippen LogP contribution in [0.2, 0.25) is 0 Å². The Morgan fingerprint density at radius 2 is 1.90 bits per heavy atom. The molecule has 1 aromatic rings. The second kappa shape index (κ2) is 7.75. The van der Waals surface area contributed by atoms with E-state index in [2.05, 4.69) is 41.9 Å². The fraction of sp³-hybridized carbons (Fsp3) is 0.706. The Balaban J connectivity index is 1.83. The molecular formula is C17H29N3. The normalized spacial score (nSPS) is 23.2. The molecule has 1 heterocycles. The molecule has 1 fully saturated rings. The van der Waals surface area contributed by atoms with Crippen LogP contribution in [0.1, 0.15) is 44.0 Å². The maximum atomic E-state index is 5.77. The van der Waals surface area contributed by atoms with Crippen LogP contribution in [0.15, 0.2) is 18.2 Å². The highest BCUT2D eigenvalue weighted by molar-refractivity contribution is 5.09. The maximum absolute atomic E-state index is 5.77. The van der Waals surface area contributed by atoms with Gasteiger partial charge in [-0.05, 0) is 69.7 Å². The molecule has 0 aromatic carbocycles. The minimum absolute atomic E-state index is 0.778. The summed E-state index contributed by atoms with van der Waals surface area (Å²) < 4.78 is 0. The summed E-state index contributed by atoms with van der Waals surface area (Å²) in [6.07, 6.45) is 5.34. The second-order valence-corrected chi connectivity index (χ2v) is 6.22. The molecule has 0 aliphatic heterocycles. The molecule has 2 N–H and O–H groups in total. The Bertz CT molecular complexity index is 397. The minimum Gasteiger partial charge on any atom is -0.330 e. The van der Waals surface area contributed by atoms with E-state index in [9.17, 15) is 0 Å². The molecule has 0 radical (unpaired) electrons. The van der Waals surface area contributed by atoms with E-state index in [1.807, 2.05) is 0 Å². The van der Waals surface area contributed by atoms with E-state index in [1.54, 1.807) is 0 Å². The molecule has 1 aliphatic rings. The zero-order chi connectivity index (χ0) is 14.4. The third-order valence-electron chi connectivity index (χ3n) is 4.59. The molecule has 0 amide bonds. The van der Waals surface area contributed by atoms with Gasteiger partial charge < -0.3 is 5.73 Å². The van der Waals surface area contributed by atoms with Crippen molar-refractivity contribution in [2.24, 2.45) is 17.6 Å². The van der Waals surface area contributed by atoms with E-state index in [1.165, 1.54) is 37.9 Å². The molecule has 1 aromatic heterocycles. The first kappa shape index (κ1) is 15.5. The Morgan fingerprint density at radius 3 is 2.50 bits per heavy atom. The van der Waals surface area contributed by atoms with Gasteiger partial charge in [-0.3, -0.25) is 9.88 Å². The van der Waals surface area contributed by atoms with Gasteiger partial charge in [0.1, 0.15) is 0 Å². The summed E-state index contributed by atoms with van der Waals surface area (Å²) in [5.41, 5.74) is 8.08. The molecule has 20 heavy (non-hydrogen) atoms. The van der Waals surface area contributed by atoms with Gasteiger partial charge in [0.25, 0.3) is 0 Å². The molecule has 1 aliphatic carbocycles. The van der Waals surface area contributed by atoms with Gasteiger partial charge in [-0.1, -0.05) is 13.0 Å². The van der Waals surface area contributed by atoms with Gasteiger partial charge >= 0.3 is 0 Å². The first-order valence-corrected chi connectivity index (χ1v) is 8.06. The predicted octanol–water partition coefficient (Wildman–Crippen LogP) is 2.98. The number of rotatable bonds is 6. The van der Waals surface area contributed by atoms with Crippen molar-refractivity contribution >= 4 is 0 Å². The third-order valence-corrected chi connectivity index (χ3v) is 4.59. The quantitative estimate of drug-likeness (QED) is 0.868. The standard InChI is InChI=1S/C17H29N3/c1-3-20(13-17-6-4-5-14(2)19-17)12-16-9-7-15(11-18)8-10-16/h4-6,15-16H,3,7-13,18H2,1-2H3. The Kier molecular flexibility index (Phi) is 5.99. The minimum atomic E-state index is 0.778. The molecule has 0 atom stereocenters. The number of pyridine rings is 1. The van der Waals surface area contributed by atoms with Crippen LogP contribution in [-0.2, 0) is 6.54 Å². The molecule has 0 unspecified atom stereocenters. The first-order chi connectivity index (χ1) is 9.71. The van der Waals surface area contributed by atoms with Crippen LogP contribution in [0.3, 0.4) is 0 Å². The zero-order valence-electron chi connectivity index (χ0n) is 13.0. The van der Waals surface area contributed by atoms with Crippen LogP contribution in [-0.4, -0.2) is 29.5 Å². The van der Waals surface area contributed by atoms with E-state index in [4.69, 9.17) is 5.73 Å². The SMILES string of the molecule is CCN(Cc1cccc(C)n1)CC1CCC(CN)CC1. The highest BCUT2D eigenvalue weighted by atomic mass is 15.1. The van der Waals surface area contributed by atoms with Crippen LogP contribution in [0, 0.1) is 18.8 Å². The summed E-state index contributed by atoms with van der Waals surface area (Å²) in [4.78, 5) is 7.16. The van der Waals surface area contributed by atoms with Crippen molar-refractivity contribution in [2.75, 3.05) is 19.6 Å². The summed E-state index contributed by atoms with van der Waals surface area (Å²) >= 11 is 0. The van der Waals surface area contributed by atoms with Gasteiger partial charge in [0, 0.05) is 18.8 Å². The van der Waals surface area contributed by atoms with Crippen molar-refractivity contribution in [3.63, 3.8) is 0 Å². The fourth-order valence-corrected chi connectivity index (χ4v) is 3.24. The molecule has 112 valence electrons. The number of nitrogens with two attached hydrogens (primary N) is 1. The average molecular weight is 275 g/mol. The van der Waals surface area contributed by atoms with Crippen LogP contribution < -0.4 is 5.73 Å². The smallest absolute Gasteiger partial charge is 0.0547 e. The summed E-state index contributed by atoms with van der Waals surface area (Å²) in [6, 6.07) is 6.31. The van der Waals surface area contributed by atoms with Gasteiger partial charge in [-0.25, -0.2) is 0 Å². The second-order valence-electron chi connectivity index (χ2n) is 6.22. The third kappa shape index (κ3) is 4.57. The van der Waals surface area contributed by atoms with Crippen LogP contribution in [0.25, 0.3) is 0 Å². The lowest BCUT2D eigenvalue weighted by Crippen LogP contribution is -2.32. The van der Waals surface area contributed by atoms with Crippen molar-refractivity contribution in [1.29, 1.82) is 0 Å². The number of aromatic nitrogens is 1. The van der Waals surface area contributed by atoms with Gasteiger partial charge in [0.2, 0.25) is 0 Å². The highest BCUT2D eigenvalue weighted by Gasteiger charge is 2.21. The van der Waals surface area contributed by atoms with Crippen molar-refractivity contribution in [3.8, 4) is 0 Å². The van der Waals surface area contributed by atoms with Crippen LogP contribution >= 0.6 is 0 Å². The van der Waals surface area contributed by atoms with Crippen LogP contribution in [0.5, 0.6) is 0 Å². The lowest BCUT2D eigenvalue weighted by atomic mass is 9.82. The van der Waals surface area contributed by atoms with E-state index in [0.29, 0.717) is 0 Å². The van der Waals surface area contributed by atoms with Gasteiger partial charge in [0.05, 0.1) is 5.69 Å². The Morgan fingerprint density at radius 1 is 1.20 bits per heavy atom. The molecule has 0 saturated heterocycles. The van der Waals surface area contributed by atoms with Gasteiger partial charge in [-0.2, -0.15) is 0 Å². The van der Waals surface area contributed by atoms with Crippen molar-refractivity contribution in [1.82, 2.24) is 9.88 Å². The molecule has 2 rings (SSSR count). The topological polar surface area (TPSA) is 42.2 Å². The van der Waals surface area contributed by atoms with E-state index >= 15 is 0 Å². The number of hydrogen-bond acceptors (Lipinski definition) is 3. The van der Waals surface area contributed by atoms with E-state index in [-0.39, 0.29) is 0 Å². The first-order valence-electron chi connectivity index (χ1n) is 8.06. The average Bonchev–Trinajstić information content (AvgIpc) is 2.47. The number of nitrogens with zero attached hydrogens (tertiary/aromatic N) is 2. The van der Waals surface area contributed by atoms with Crippen LogP contribution in [0.4, 0.5) is 0 Å². The zero-order valence-corrected chi connectivity index (χ0v) is 13.0. The summed E-state index contributed by atoms with van der Waals surface area (Å²) in [6.45, 7) is 8.48. The van der Waals surface area contributed by atoms with E-state index in [0.717, 1.165) is 37.2 Å². The lowest BCUT2D eigenvalue weighted by Gasteiger charge is -2.31. The largest absolute Gasteiger partial charge is 0.330 e. The van der Waals surface area contributed by atoms with Gasteiger partial charge in [-0.15, -0.1) is 0 Å². The lowest BCUT2D eigenvalue weighted by molar-refractivity contribution is 0.181. The predicted molar refractivity (Wildman–Crippen MR) is 84.4 cm³/mol. The van der Waals surface area contributed by atoms with Crippen molar-refractivity contribution < 1.29 is 0 Å². The monoisotopic (exact) mass is 275 g/mol. The van der Waals surface area contributed by atoms with Crippen molar-refractivity contribution in [2.45, 2.75) is 46.1 Å². The van der Waals surface area contributed by atoms with E-state index < -0.39 is 0 Å². The maximum Gasteiger partial charge on any atom is 0.0547 e.